The second kappa shape index (κ2) is 9.46. The molecule has 0 aliphatic heterocycles. The molecule has 0 bridgehead atoms. The van der Waals surface area contributed by atoms with E-state index < -0.39 is 29.2 Å². The van der Waals surface area contributed by atoms with Gasteiger partial charge >= 0.3 is 6.18 Å². The highest BCUT2D eigenvalue weighted by atomic mass is 19.4. The van der Waals surface area contributed by atoms with Crippen molar-refractivity contribution in [3.05, 3.63) is 126 Å². The number of benzene rings is 3. The summed E-state index contributed by atoms with van der Waals surface area (Å²) in [6.45, 7) is 0.151. The fraction of sp³-hybridized carbons (Fsp3) is 0.148. The van der Waals surface area contributed by atoms with Crippen LogP contribution < -0.4 is 5.32 Å². The fourth-order valence-corrected chi connectivity index (χ4v) is 3.84. The van der Waals surface area contributed by atoms with Crippen LogP contribution in [0.5, 0.6) is 0 Å². The number of carbonyl (C=O) groups excluding carboxylic acids is 1. The minimum Gasteiger partial charge on any atom is -0.355 e. The molecular weight excluding hydrogens is 427 g/mol. The Balaban J connectivity index is 1.70. The number of anilines is 1. The monoisotopic (exact) mass is 449 g/mol. The van der Waals surface area contributed by atoms with E-state index in [0.29, 0.717) is 0 Å². The third-order valence-electron chi connectivity index (χ3n) is 5.50. The molecule has 1 aliphatic carbocycles. The maximum atomic E-state index is 13.7. The van der Waals surface area contributed by atoms with E-state index in [1.165, 1.54) is 12.1 Å². The van der Waals surface area contributed by atoms with Gasteiger partial charge in [0.2, 0.25) is 0 Å². The average molecular weight is 449 g/mol. The van der Waals surface area contributed by atoms with Crippen molar-refractivity contribution in [2.45, 2.75) is 24.3 Å². The molecule has 1 aliphatic rings. The standard InChI is InChI=1S/C27H22F3NO2/c28-27(29,30)22-14-9-15-23(18-22)31-25(32)26(33-19-20-10-3-1-4-11-20)17-8-7-16-24(26)21-12-5-2-6-13-21/h1-18,24H,19H2,(H,31,32). The number of carbonyl (C=O) groups is 1. The molecule has 2 unspecified atom stereocenters. The molecule has 0 heterocycles. The lowest BCUT2D eigenvalue weighted by molar-refractivity contribution is -0.139. The first kappa shape index (κ1) is 22.6. The molecule has 3 aromatic rings. The van der Waals surface area contributed by atoms with Gasteiger partial charge < -0.3 is 10.1 Å². The first-order valence-corrected chi connectivity index (χ1v) is 10.5. The van der Waals surface area contributed by atoms with Gasteiger partial charge in [-0.3, -0.25) is 4.79 Å². The Kier molecular flexibility index (Phi) is 6.47. The van der Waals surface area contributed by atoms with Gasteiger partial charge in [-0.25, -0.2) is 0 Å². The molecule has 2 atom stereocenters. The Morgan fingerprint density at radius 2 is 1.61 bits per heavy atom. The quantitative estimate of drug-likeness (QED) is 0.466. The van der Waals surface area contributed by atoms with Crippen LogP contribution in [0.1, 0.15) is 22.6 Å². The molecule has 0 aromatic heterocycles. The number of hydrogen-bond acceptors (Lipinski definition) is 2. The maximum absolute atomic E-state index is 13.7. The van der Waals surface area contributed by atoms with Gasteiger partial charge in [-0.05, 0) is 35.4 Å². The molecule has 3 nitrogen and oxygen atoms in total. The van der Waals surface area contributed by atoms with Gasteiger partial charge in [0.25, 0.3) is 5.91 Å². The van der Waals surface area contributed by atoms with Crippen LogP contribution in [0.15, 0.2) is 109 Å². The summed E-state index contributed by atoms with van der Waals surface area (Å²) < 4.78 is 45.8. The molecule has 4 rings (SSSR count). The van der Waals surface area contributed by atoms with Crippen LogP contribution >= 0.6 is 0 Å². The third kappa shape index (κ3) is 5.07. The van der Waals surface area contributed by atoms with Crippen LogP contribution in [0.3, 0.4) is 0 Å². The van der Waals surface area contributed by atoms with E-state index in [0.717, 1.165) is 23.3 Å². The molecule has 0 radical (unpaired) electrons. The van der Waals surface area contributed by atoms with E-state index in [1.54, 1.807) is 12.2 Å². The highest BCUT2D eigenvalue weighted by molar-refractivity contribution is 6.00. The van der Waals surface area contributed by atoms with Gasteiger partial charge in [-0.2, -0.15) is 13.2 Å². The van der Waals surface area contributed by atoms with Crippen LogP contribution in [-0.2, 0) is 22.3 Å². The Morgan fingerprint density at radius 1 is 0.909 bits per heavy atom. The van der Waals surface area contributed by atoms with Crippen molar-refractivity contribution in [1.82, 2.24) is 0 Å². The zero-order valence-electron chi connectivity index (χ0n) is 17.6. The predicted octanol–water partition coefficient (Wildman–Crippen LogP) is 6.51. The lowest BCUT2D eigenvalue weighted by atomic mass is 9.78. The number of rotatable bonds is 6. The lowest BCUT2D eigenvalue weighted by Gasteiger charge is -2.37. The SMILES string of the molecule is O=C(Nc1cccc(C(F)(F)F)c1)C1(OCc2ccccc2)C=CC=CC1c1ccccc1. The lowest BCUT2D eigenvalue weighted by Crippen LogP contribution is -2.49. The van der Waals surface area contributed by atoms with Crippen molar-refractivity contribution < 1.29 is 22.7 Å². The van der Waals surface area contributed by atoms with Crippen LogP contribution in [0.2, 0.25) is 0 Å². The second-order valence-corrected chi connectivity index (χ2v) is 7.73. The molecule has 6 heteroatoms. The predicted molar refractivity (Wildman–Crippen MR) is 121 cm³/mol. The first-order valence-electron chi connectivity index (χ1n) is 10.5. The van der Waals surface area contributed by atoms with E-state index in [1.807, 2.05) is 72.8 Å². The van der Waals surface area contributed by atoms with E-state index in [-0.39, 0.29) is 12.3 Å². The molecule has 0 saturated carbocycles. The Morgan fingerprint density at radius 3 is 2.30 bits per heavy atom. The highest BCUT2D eigenvalue weighted by Crippen LogP contribution is 2.39. The van der Waals surface area contributed by atoms with E-state index in [9.17, 15) is 18.0 Å². The van der Waals surface area contributed by atoms with Gasteiger partial charge in [0.15, 0.2) is 5.60 Å². The molecule has 0 saturated heterocycles. The van der Waals surface area contributed by atoms with Gasteiger partial charge in [0.1, 0.15) is 0 Å². The van der Waals surface area contributed by atoms with Gasteiger partial charge in [-0.1, -0.05) is 85.0 Å². The van der Waals surface area contributed by atoms with Crippen molar-refractivity contribution in [3.8, 4) is 0 Å². The molecule has 3 aromatic carbocycles. The van der Waals surface area contributed by atoms with Crippen LogP contribution in [-0.4, -0.2) is 11.5 Å². The van der Waals surface area contributed by atoms with Gasteiger partial charge in [-0.15, -0.1) is 0 Å². The van der Waals surface area contributed by atoms with Gasteiger partial charge in [0.05, 0.1) is 12.2 Å². The zero-order valence-corrected chi connectivity index (χ0v) is 17.6. The molecular formula is C27H22F3NO2. The van der Waals surface area contributed by atoms with Crippen LogP contribution in [0.25, 0.3) is 0 Å². The summed E-state index contributed by atoms with van der Waals surface area (Å²) in [4.78, 5) is 13.7. The summed E-state index contributed by atoms with van der Waals surface area (Å²) in [7, 11) is 0. The summed E-state index contributed by atoms with van der Waals surface area (Å²) in [6.07, 6.45) is 2.57. The van der Waals surface area contributed by atoms with Crippen molar-refractivity contribution in [2.24, 2.45) is 0 Å². The van der Waals surface area contributed by atoms with E-state index in [2.05, 4.69) is 5.32 Å². The molecule has 0 spiro atoms. The number of halogens is 3. The smallest absolute Gasteiger partial charge is 0.355 e. The summed E-state index contributed by atoms with van der Waals surface area (Å²) in [6, 6.07) is 23.4. The van der Waals surface area contributed by atoms with Crippen LogP contribution in [0, 0.1) is 0 Å². The molecule has 1 N–H and O–H groups in total. The van der Waals surface area contributed by atoms with Gasteiger partial charge in [0, 0.05) is 11.6 Å². The summed E-state index contributed by atoms with van der Waals surface area (Å²) >= 11 is 0. The Hall–Kier alpha value is -3.64. The summed E-state index contributed by atoms with van der Waals surface area (Å²) in [5, 5.41) is 2.65. The topological polar surface area (TPSA) is 38.3 Å². The average Bonchev–Trinajstić information content (AvgIpc) is 2.84. The van der Waals surface area contributed by atoms with Crippen molar-refractivity contribution in [3.63, 3.8) is 0 Å². The van der Waals surface area contributed by atoms with Crippen LogP contribution in [0.4, 0.5) is 18.9 Å². The number of allylic oxidation sites excluding steroid dienone is 2. The van der Waals surface area contributed by atoms with E-state index >= 15 is 0 Å². The molecule has 168 valence electrons. The summed E-state index contributed by atoms with van der Waals surface area (Å²) in [5.41, 5.74) is -0.519. The number of nitrogens with one attached hydrogen (secondary N) is 1. The normalized spacial score (nSPS) is 19.9. The minimum atomic E-state index is -4.51. The van der Waals surface area contributed by atoms with E-state index in [4.69, 9.17) is 4.74 Å². The molecule has 0 fully saturated rings. The molecule has 33 heavy (non-hydrogen) atoms. The third-order valence-corrected chi connectivity index (χ3v) is 5.50. The summed E-state index contributed by atoms with van der Waals surface area (Å²) in [5.74, 6) is -1.02. The number of alkyl halides is 3. The van der Waals surface area contributed by atoms with Crippen molar-refractivity contribution in [1.29, 1.82) is 0 Å². The van der Waals surface area contributed by atoms with Crippen molar-refractivity contribution >= 4 is 11.6 Å². The Labute approximate surface area is 190 Å². The fourth-order valence-electron chi connectivity index (χ4n) is 3.84. The molecule has 1 amide bonds. The number of hydrogen-bond donors (Lipinski definition) is 1. The second-order valence-electron chi connectivity index (χ2n) is 7.73. The minimum absolute atomic E-state index is 0.0484. The zero-order chi connectivity index (χ0) is 23.3. The largest absolute Gasteiger partial charge is 0.416 e. The number of ether oxygens (including phenoxy) is 1. The first-order chi connectivity index (χ1) is 15.9. The highest BCUT2D eigenvalue weighted by Gasteiger charge is 2.45. The van der Waals surface area contributed by atoms with Crippen molar-refractivity contribution in [2.75, 3.05) is 5.32 Å². The maximum Gasteiger partial charge on any atom is 0.416 e. The number of amides is 1. The Bertz CT molecular complexity index is 1160.